The molecule has 0 amide bonds. The van der Waals surface area contributed by atoms with Crippen molar-refractivity contribution in [3.8, 4) is 0 Å². The van der Waals surface area contributed by atoms with Crippen molar-refractivity contribution in [2.24, 2.45) is 0 Å². The second kappa shape index (κ2) is 5.69. The van der Waals surface area contributed by atoms with E-state index in [9.17, 15) is 0 Å². The molecule has 1 aliphatic rings. The molecule has 0 bridgehead atoms. The van der Waals surface area contributed by atoms with Gasteiger partial charge < -0.3 is 10.2 Å². The summed E-state index contributed by atoms with van der Waals surface area (Å²) >= 11 is 6.16. The van der Waals surface area contributed by atoms with Gasteiger partial charge in [0.05, 0.1) is 5.02 Å². The van der Waals surface area contributed by atoms with Crippen LogP contribution < -0.4 is 10.2 Å². The van der Waals surface area contributed by atoms with E-state index in [1.165, 1.54) is 12.8 Å². The van der Waals surface area contributed by atoms with Crippen LogP contribution in [0.2, 0.25) is 5.02 Å². The molecule has 1 aliphatic carbocycles. The number of hydrogen-bond acceptors (Lipinski definition) is 3. The average molecular weight is 254 g/mol. The smallest absolute Gasteiger partial charge is 0.128 e. The molecule has 0 spiro atoms. The molecule has 94 valence electrons. The van der Waals surface area contributed by atoms with Gasteiger partial charge in [0, 0.05) is 32.4 Å². The quantitative estimate of drug-likeness (QED) is 0.845. The molecular formula is C13H20ClN3. The summed E-state index contributed by atoms with van der Waals surface area (Å²) in [5.41, 5.74) is 1.14. The van der Waals surface area contributed by atoms with Gasteiger partial charge in [-0.25, -0.2) is 4.98 Å². The zero-order chi connectivity index (χ0) is 12.3. The Bertz CT molecular complexity index is 377. The van der Waals surface area contributed by atoms with Gasteiger partial charge in [0.1, 0.15) is 5.82 Å². The van der Waals surface area contributed by atoms with Gasteiger partial charge in [-0.2, -0.15) is 0 Å². The van der Waals surface area contributed by atoms with Crippen LogP contribution in [0.5, 0.6) is 0 Å². The van der Waals surface area contributed by atoms with E-state index in [2.05, 4.69) is 35.2 Å². The van der Waals surface area contributed by atoms with Gasteiger partial charge in [-0.05, 0) is 30.9 Å². The van der Waals surface area contributed by atoms with Crippen molar-refractivity contribution in [2.75, 3.05) is 18.5 Å². The minimum Gasteiger partial charge on any atom is -0.360 e. The first-order chi connectivity index (χ1) is 8.20. The van der Waals surface area contributed by atoms with E-state index >= 15 is 0 Å². The van der Waals surface area contributed by atoms with E-state index < -0.39 is 0 Å². The van der Waals surface area contributed by atoms with E-state index in [1.807, 2.05) is 0 Å². The van der Waals surface area contributed by atoms with Crippen LogP contribution in [-0.4, -0.2) is 24.6 Å². The van der Waals surface area contributed by atoms with Gasteiger partial charge in [0.15, 0.2) is 0 Å². The Morgan fingerprint density at radius 3 is 2.94 bits per heavy atom. The highest BCUT2D eigenvalue weighted by atomic mass is 35.5. The molecule has 1 aromatic heterocycles. The molecule has 0 saturated heterocycles. The number of hydrogen-bond donors (Lipinski definition) is 1. The highest BCUT2D eigenvalue weighted by Gasteiger charge is 2.20. The second-order valence-electron chi connectivity index (χ2n) is 4.71. The zero-order valence-corrected chi connectivity index (χ0v) is 11.3. The maximum atomic E-state index is 6.16. The molecule has 1 N–H and O–H groups in total. The molecule has 0 atom stereocenters. The van der Waals surface area contributed by atoms with Gasteiger partial charge in [0.25, 0.3) is 0 Å². The summed E-state index contributed by atoms with van der Waals surface area (Å²) in [6, 6.07) is 2.80. The van der Waals surface area contributed by atoms with Gasteiger partial charge in [-0.15, -0.1) is 0 Å². The highest BCUT2D eigenvalue weighted by molar-refractivity contribution is 6.31. The minimum absolute atomic E-state index is 0.705. The van der Waals surface area contributed by atoms with Crippen molar-refractivity contribution in [3.05, 3.63) is 22.8 Å². The van der Waals surface area contributed by atoms with Crippen molar-refractivity contribution < 1.29 is 0 Å². The number of aromatic nitrogens is 1. The van der Waals surface area contributed by atoms with Crippen molar-refractivity contribution >= 4 is 17.4 Å². The molecule has 1 saturated carbocycles. The Balaban J connectivity index is 2.04. The summed E-state index contributed by atoms with van der Waals surface area (Å²) < 4.78 is 0. The summed E-state index contributed by atoms with van der Waals surface area (Å²) in [4.78, 5) is 6.53. The zero-order valence-electron chi connectivity index (χ0n) is 10.5. The van der Waals surface area contributed by atoms with Gasteiger partial charge >= 0.3 is 0 Å². The van der Waals surface area contributed by atoms with Gasteiger partial charge in [-0.3, -0.25) is 0 Å². The third kappa shape index (κ3) is 3.58. The van der Waals surface area contributed by atoms with E-state index in [1.54, 1.807) is 6.20 Å². The second-order valence-corrected chi connectivity index (χ2v) is 5.12. The highest BCUT2D eigenvalue weighted by Crippen LogP contribution is 2.23. The summed E-state index contributed by atoms with van der Waals surface area (Å²) in [6.45, 7) is 4.03. The molecule has 0 unspecified atom stereocenters. The van der Waals surface area contributed by atoms with E-state index in [0.29, 0.717) is 6.04 Å². The molecular weight excluding hydrogens is 234 g/mol. The molecule has 4 heteroatoms. The largest absolute Gasteiger partial charge is 0.360 e. The average Bonchev–Trinajstić information content (AvgIpc) is 3.12. The fourth-order valence-corrected chi connectivity index (χ4v) is 1.97. The minimum atomic E-state index is 0.705. The van der Waals surface area contributed by atoms with Crippen LogP contribution in [0.4, 0.5) is 5.82 Å². The molecule has 0 radical (unpaired) electrons. The summed E-state index contributed by atoms with van der Waals surface area (Å²) in [5.74, 6) is 1.00. The number of pyridine rings is 1. The first-order valence-corrected chi connectivity index (χ1v) is 6.67. The molecule has 2 rings (SSSR count). The molecule has 17 heavy (non-hydrogen) atoms. The van der Waals surface area contributed by atoms with Crippen LogP contribution in [0.1, 0.15) is 31.7 Å². The third-order valence-electron chi connectivity index (χ3n) is 3.03. The Morgan fingerprint density at radius 1 is 1.53 bits per heavy atom. The van der Waals surface area contributed by atoms with Crippen LogP contribution >= 0.6 is 11.6 Å². The number of halogens is 1. The van der Waals surface area contributed by atoms with Crippen molar-refractivity contribution in [3.63, 3.8) is 0 Å². The Labute approximate surface area is 108 Å². The van der Waals surface area contributed by atoms with E-state index in [4.69, 9.17) is 11.6 Å². The molecule has 0 aliphatic heterocycles. The molecule has 1 fully saturated rings. The lowest BCUT2D eigenvalue weighted by atomic mass is 10.2. The summed E-state index contributed by atoms with van der Waals surface area (Å²) in [5, 5.41) is 4.24. The van der Waals surface area contributed by atoms with Crippen molar-refractivity contribution in [2.45, 2.75) is 38.8 Å². The van der Waals surface area contributed by atoms with Crippen LogP contribution in [0, 0.1) is 0 Å². The van der Waals surface area contributed by atoms with Crippen molar-refractivity contribution in [1.29, 1.82) is 0 Å². The normalized spacial score (nSPS) is 15.0. The van der Waals surface area contributed by atoms with Gasteiger partial charge in [0.2, 0.25) is 0 Å². The van der Waals surface area contributed by atoms with Crippen LogP contribution in [0.15, 0.2) is 12.3 Å². The Hall–Kier alpha value is -0.800. The topological polar surface area (TPSA) is 28.2 Å². The number of rotatable bonds is 6. The fraction of sp³-hybridized carbons (Fsp3) is 0.615. The summed E-state index contributed by atoms with van der Waals surface area (Å²) in [7, 11) is 2.07. The fourth-order valence-electron chi connectivity index (χ4n) is 1.80. The maximum absolute atomic E-state index is 6.16. The van der Waals surface area contributed by atoms with Crippen LogP contribution in [0.3, 0.4) is 0 Å². The predicted octanol–water partition coefficient (Wildman–Crippen LogP) is 2.83. The molecule has 3 nitrogen and oxygen atoms in total. The Kier molecular flexibility index (Phi) is 4.24. The first-order valence-electron chi connectivity index (χ1n) is 6.29. The van der Waals surface area contributed by atoms with Crippen molar-refractivity contribution in [1.82, 2.24) is 10.3 Å². The summed E-state index contributed by atoms with van der Waals surface area (Å²) in [6.07, 6.45) is 5.47. The van der Waals surface area contributed by atoms with Crippen LogP contribution in [-0.2, 0) is 6.54 Å². The monoisotopic (exact) mass is 253 g/mol. The van der Waals surface area contributed by atoms with Gasteiger partial charge in [-0.1, -0.05) is 18.5 Å². The number of nitrogens with zero attached hydrogens (tertiary/aromatic N) is 2. The maximum Gasteiger partial charge on any atom is 0.128 e. The predicted molar refractivity (Wildman–Crippen MR) is 72.7 cm³/mol. The van der Waals surface area contributed by atoms with Crippen LogP contribution in [0.25, 0.3) is 0 Å². The SMILES string of the molecule is CCCN(C)c1cc(CNC2CC2)c(Cl)cn1. The third-order valence-corrected chi connectivity index (χ3v) is 3.37. The van der Waals surface area contributed by atoms with E-state index in [0.717, 1.165) is 35.9 Å². The van der Waals surface area contributed by atoms with E-state index in [-0.39, 0.29) is 0 Å². The first kappa shape index (κ1) is 12.7. The number of anilines is 1. The lowest BCUT2D eigenvalue weighted by Gasteiger charge is -2.18. The molecule has 1 heterocycles. The lowest BCUT2D eigenvalue weighted by molar-refractivity contribution is 0.686. The Morgan fingerprint density at radius 2 is 2.29 bits per heavy atom. The lowest BCUT2D eigenvalue weighted by Crippen LogP contribution is -2.20. The molecule has 1 aromatic rings. The molecule has 0 aromatic carbocycles. The number of nitrogens with one attached hydrogen (secondary N) is 1. The standard InChI is InChI=1S/C13H20ClN3/c1-3-6-17(2)13-7-10(12(14)9-16-13)8-15-11-4-5-11/h7,9,11,15H,3-6,8H2,1-2H3.